The summed E-state index contributed by atoms with van der Waals surface area (Å²) in [5.41, 5.74) is 3.06. The van der Waals surface area contributed by atoms with E-state index in [0.717, 1.165) is 40.9 Å². The highest BCUT2D eigenvalue weighted by Gasteiger charge is 2.23. The van der Waals surface area contributed by atoms with Crippen molar-refractivity contribution in [1.82, 2.24) is 9.97 Å². The summed E-state index contributed by atoms with van der Waals surface area (Å²) in [7, 11) is 0. The minimum atomic E-state index is 0.588. The lowest BCUT2D eigenvalue weighted by molar-refractivity contribution is 0.667. The molecule has 0 amide bonds. The third-order valence-corrected chi connectivity index (χ3v) is 4.24. The van der Waals surface area contributed by atoms with Crippen molar-refractivity contribution in [1.29, 1.82) is 0 Å². The van der Waals surface area contributed by atoms with E-state index in [1.807, 2.05) is 24.5 Å². The van der Waals surface area contributed by atoms with E-state index < -0.39 is 0 Å². The van der Waals surface area contributed by atoms with Crippen LogP contribution in [0.2, 0.25) is 0 Å². The molecule has 0 bridgehead atoms. The Hall–Kier alpha value is -0.870. The second-order valence-electron chi connectivity index (χ2n) is 4.61. The van der Waals surface area contributed by atoms with Gasteiger partial charge in [-0.3, -0.25) is 9.97 Å². The first kappa shape index (κ1) is 12.2. The molecule has 0 saturated carbocycles. The fourth-order valence-electron chi connectivity index (χ4n) is 2.42. The van der Waals surface area contributed by atoms with Crippen molar-refractivity contribution < 1.29 is 0 Å². The van der Waals surface area contributed by atoms with Gasteiger partial charge in [0.2, 0.25) is 0 Å². The largest absolute Gasteiger partial charge is 0.369 e. The van der Waals surface area contributed by atoms with Gasteiger partial charge in [-0.25, -0.2) is 0 Å². The zero-order valence-electron chi connectivity index (χ0n) is 9.81. The standard InChI is InChI=1S/C13H13BrClN3/c14-10-5-11-13(17-7-10)12(1-3-16-11)18-4-2-9(6-15)8-18/h1,3,5,7,9H,2,4,6,8H2. The van der Waals surface area contributed by atoms with Crippen LogP contribution < -0.4 is 4.90 Å². The number of halogens is 2. The molecule has 1 aliphatic rings. The van der Waals surface area contributed by atoms with Gasteiger partial charge in [0.05, 0.1) is 11.2 Å². The summed E-state index contributed by atoms with van der Waals surface area (Å²) < 4.78 is 0.958. The third kappa shape index (κ3) is 2.19. The second kappa shape index (κ2) is 5.02. The molecule has 0 radical (unpaired) electrons. The van der Waals surface area contributed by atoms with Gasteiger partial charge < -0.3 is 4.90 Å². The summed E-state index contributed by atoms with van der Waals surface area (Å²) in [4.78, 5) is 11.2. The number of anilines is 1. The van der Waals surface area contributed by atoms with Gasteiger partial charge in [-0.05, 0) is 40.4 Å². The molecule has 2 aromatic heterocycles. The topological polar surface area (TPSA) is 29.0 Å². The molecule has 1 unspecified atom stereocenters. The highest BCUT2D eigenvalue weighted by atomic mass is 79.9. The number of hydrogen-bond donors (Lipinski definition) is 0. The van der Waals surface area contributed by atoms with Gasteiger partial charge in [0.25, 0.3) is 0 Å². The lowest BCUT2D eigenvalue weighted by atomic mass is 10.2. The number of nitrogens with zero attached hydrogens (tertiary/aromatic N) is 3. The maximum atomic E-state index is 5.94. The number of alkyl halides is 1. The van der Waals surface area contributed by atoms with Crippen LogP contribution in [0.25, 0.3) is 11.0 Å². The van der Waals surface area contributed by atoms with E-state index in [-0.39, 0.29) is 0 Å². The zero-order chi connectivity index (χ0) is 12.5. The van der Waals surface area contributed by atoms with Crippen LogP contribution in [0, 0.1) is 5.92 Å². The first-order valence-corrected chi connectivity index (χ1v) is 7.32. The van der Waals surface area contributed by atoms with Gasteiger partial charge in [-0.1, -0.05) is 0 Å². The van der Waals surface area contributed by atoms with Crippen molar-refractivity contribution in [3.63, 3.8) is 0 Å². The molecule has 18 heavy (non-hydrogen) atoms. The molecule has 2 aromatic rings. The molecule has 0 aliphatic carbocycles. The van der Waals surface area contributed by atoms with Crippen molar-refractivity contribution in [3.05, 3.63) is 29.0 Å². The molecule has 1 aliphatic heterocycles. The molecule has 1 saturated heterocycles. The smallest absolute Gasteiger partial charge is 0.112 e. The molecular formula is C13H13BrClN3. The Morgan fingerprint density at radius 1 is 1.44 bits per heavy atom. The van der Waals surface area contributed by atoms with Gasteiger partial charge in [0.1, 0.15) is 5.52 Å². The van der Waals surface area contributed by atoms with Crippen LogP contribution in [0.4, 0.5) is 5.69 Å². The highest BCUT2D eigenvalue weighted by molar-refractivity contribution is 9.10. The van der Waals surface area contributed by atoms with E-state index in [4.69, 9.17) is 11.6 Å². The maximum Gasteiger partial charge on any atom is 0.112 e. The Morgan fingerprint density at radius 2 is 2.33 bits per heavy atom. The van der Waals surface area contributed by atoms with Crippen LogP contribution in [-0.2, 0) is 0 Å². The molecule has 3 heterocycles. The van der Waals surface area contributed by atoms with E-state index in [1.54, 1.807) is 0 Å². The second-order valence-corrected chi connectivity index (χ2v) is 5.83. The average Bonchev–Trinajstić information content (AvgIpc) is 2.86. The Morgan fingerprint density at radius 3 is 3.11 bits per heavy atom. The van der Waals surface area contributed by atoms with Gasteiger partial charge in [-0.2, -0.15) is 0 Å². The van der Waals surface area contributed by atoms with Gasteiger partial charge >= 0.3 is 0 Å². The van der Waals surface area contributed by atoms with E-state index in [0.29, 0.717) is 5.92 Å². The van der Waals surface area contributed by atoms with Gasteiger partial charge in [0, 0.05) is 35.8 Å². The van der Waals surface area contributed by atoms with Crippen molar-refractivity contribution >= 4 is 44.3 Å². The van der Waals surface area contributed by atoms with Crippen molar-refractivity contribution in [3.8, 4) is 0 Å². The van der Waals surface area contributed by atoms with Crippen LogP contribution in [0.15, 0.2) is 29.0 Å². The van der Waals surface area contributed by atoms with Crippen LogP contribution in [0.3, 0.4) is 0 Å². The Labute approximate surface area is 119 Å². The summed E-state index contributed by atoms with van der Waals surface area (Å²) >= 11 is 9.37. The fraction of sp³-hybridized carbons (Fsp3) is 0.385. The number of pyridine rings is 2. The van der Waals surface area contributed by atoms with E-state index >= 15 is 0 Å². The summed E-state index contributed by atoms with van der Waals surface area (Å²) in [5.74, 6) is 1.32. The summed E-state index contributed by atoms with van der Waals surface area (Å²) in [6.45, 7) is 2.06. The third-order valence-electron chi connectivity index (χ3n) is 3.37. The van der Waals surface area contributed by atoms with Crippen molar-refractivity contribution in [2.45, 2.75) is 6.42 Å². The highest BCUT2D eigenvalue weighted by Crippen LogP contribution is 2.29. The normalized spacial score (nSPS) is 19.7. The quantitative estimate of drug-likeness (QED) is 0.792. The predicted molar refractivity (Wildman–Crippen MR) is 78.3 cm³/mol. The Bertz CT molecular complexity index is 575. The minimum absolute atomic E-state index is 0.588. The molecule has 0 spiro atoms. The molecule has 3 rings (SSSR count). The van der Waals surface area contributed by atoms with E-state index in [2.05, 4.69) is 30.8 Å². The zero-order valence-corrected chi connectivity index (χ0v) is 12.2. The molecule has 5 heteroatoms. The van der Waals surface area contributed by atoms with Crippen LogP contribution in [-0.4, -0.2) is 28.9 Å². The minimum Gasteiger partial charge on any atom is -0.369 e. The lowest BCUT2D eigenvalue weighted by Crippen LogP contribution is -2.20. The maximum absolute atomic E-state index is 5.94. The molecule has 3 nitrogen and oxygen atoms in total. The lowest BCUT2D eigenvalue weighted by Gasteiger charge is -2.19. The van der Waals surface area contributed by atoms with Crippen LogP contribution in [0.1, 0.15) is 6.42 Å². The molecular weight excluding hydrogens is 314 g/mol. The fourth-order valence-corrected chi connectivity index (χ4v) is 3.00. The van der Waals surface area contributed by atoms with Crippen LogP contribution in [0.5, 0.6) is 0 Å². The summed E-state index contributed by atoms with van der Waals surface area (Å²) in [5, 5.41) is 0. The van der Waals surface area contributed by atoms with Gasteiger partial charge in [0.15, 0.2) is 0 Å². The number of rotatable bonds is 2. The molecule has 94 valence electrons. The first-order chi connectivity index (χ1) is 8.78. The summed E-state index contributed by atoms with van der Waals surface area (Å²) in [6, 6.07) is 4.04. The molecule has 0 N–H and O–H groups in total. The van der Waals surface area contributed by atoms with Crippen molar-refractivity contribution in [2.75, 3.05) is 23.9 Å². The number of aromatic nitrogens is 2. The monoisotopic (exact) mass is 325 g/mol. The predicted octanol–water partition coefficient (Wildman–Crippen LogP) is 3.46. The Kier molecular flexibility index (Phi) is 3.39. The number of fused-ring (bicyclic) bond motifs is 1. The molecule has 1 fully saturated rings. The van der Waals surface area contributed by atoms with Crippen LogP contribution >= 0.6 is 27.5 Å². The van der Waals surface area contributed by atoms with Crippen molar-refractivity contribution in [2.24, 2.45) is 5.92 Å². The van der Waals surface area contributed by atoms with E-state index in [9.17, 15) is 0 Å². The first-order valence-electron chi connectivity index (χ1n) is 5.99. The molecule has 1 atom stereocenters. The summed E-state index contributed by atoms with van der Waals surface area (Å²) in [6.07, 6.45) is 4.83. The van der Waals surface area contributed by atoms with Gasteiger partial charge in [-0.15, -0.1) is 11.6 Å². The Balaban J connectivity index is 2.02. The number of hydrogen-bond acceptors (Lipinski definition) is 3. The molecule has 0 aromatic carbocycles. The van der Waals surface area contributed by atoms with E-state index in [1.165, 1.54) is 5.69 Å². The average molecular weight is 327 g/mol. The SMILES string of the molecule is ClCC1CCN(c2ccnc3cc(Br)cnc23)C1.